The molecule has 2 aromatic carbocycles. The zero-order valence-corrected chi connectivity index (χ0v) is 19.3. The maximum Gasteiger partial charge on any atom is 0.261 e. The van der Waals surface area contributed by atoms with E-state index in [0.29, 0.717) is 22.8 Å². The van der Waals surface area contributed by atoms with E-state index in [1.54, 1.807) is 43.3 Å². The third-order valence-corrected chi connectivity index (χ3v) is 5.85. The molecule has 8 heteroatoms. The van der Waals surface area contributed by atoms with Crippen LogP contribution in [0.1, 0.15) is 38.2 Å². The fourth-order valence-electron chi connectivity index (χ4n) is 3.88. The number of methoxy groups -OCH3 is 2. The highest BCUT2D eigenvalue weighted by molar-refractivity contribution is 5.88. The Morgan fingerprint density at radius 2 is 1.67 bits per heavy atom. The van der Waals surface area contributed by atoms with Crippen LogP contribution in [-0.4, -0.2) is 49.6 Å². The molecule has 1 N–H and O–H groups in total. The number of rotatable bonds is 10. The van der Waals surface area contributed by atoms with Crippen LogP contribution in [0.5, 0.6) is 17.2 Å². The molecule has 1 aliphatic carbocycles. The van der Waals surface area contributed by atoms with E-state index in [2.05, 4.69) is 5.32 Å². The van der Waals surface area contributed by atoms with Gasteiger partial charge in [-0.1, -0.05) is 31.0 Å². The van der Waals surface area contributed by atoms with Crippen molar-refractivity contribution >= 4 is 11.8 Å². The van der Waals surface area contributed by atoms with Gasteiger partial charge in [0.1, 0.15) is 29.1 Å². The normalized spacial score (nSPS) is 14.4. The van der Waals surface area contributed by atoms with Crippen molar-refractivity contribution in [1.82, 2.24) is 10.2 Å². The maximum atomic E-state index is 14.3. The van der Waals surface area contributed by atoms with E-state index in [9.17, 15) is 14.0 Å². The van der Waals surface area contributed by atoms with Crippen molar-refractivity contribution < 1.29 is 28.2 Å². The summed E-state index contributed by atoms with van der Waals surface area (Å²) in [6, 6.07) is 10.5. The second-order valence-electron chi connectivity index (χ2n) is 8.12. The SMILES string of the molecule is COc1cc(OC)cc(OCC(=O)N(Cc2ccccc2F)C(C)C(=O)NC2CCCC2)c1. The molecule has 1 atom stereocenters. The van der Waals surface area contributed by atoms with Crippen molar-refractivity contribution in [3.8, 4) is 17.2 Å². The van der Waals surface area contributed by atoms with E-state index >= 15 is 0 Å². The van der Waals surface area contributed by atoms with Crippen molar-refractivity contribution in [3.05, 3.63) is 53.8 Å². The summed E-state index contributed by atoms with van der Waals surface area (Å²) in [5, 5.41) is 3.02. The minimum atomic E-state index is -0.791. The van der Waals surface area contributed by atoms with Gasteiger partial charge in [-0.05, 0) is 25.8 Å². The van der Waals surface area contributed by atoms with Crippen molar-refractivity contribution in [2.45, 2.75) is 51.2 Å². The summed E-state index contributed by atoms with van der Waals surface area (Å²) in [5.74, 6) is 0.294. The van der Waals surface area contributed by atoms with Gasteiger partial charge in [0, 0.05) is 36.3 Å². The number of halogens is 1. The van der Waals surface area contributed by atoms with E-state index in [-0.39, 0.29) is 25.1 Å². The number of nitrogens with one attached hydrogen (secondary N) is 1. The van der Waals surface area contributed by atoms with E-state index in [1.165, 1.54) is 25.2 Å². The molecule has 33 heavy (non-hydrogen) atoms. The number of amides is 2. The van der Waals surface area contributed by atoms with Crippen LogP contribution >= 0.6 is 0 Å². The molecule has 0 radical (unpaired) electrons. The lowest BCUT2D eigenvalue weighted by Crippen LogP contribution is -2.50. The molecule has 0 spiro atoms. The van der Waals surface area contributed by atoms with Crippen LogP contribution in [0.15, 0.2) is 42.5 Å². The number of nitrogens with zero attached hydrogens (tertiary/aromatic N) is 1. The van der Waals surface area contributed by atoms with Gasteiger partial charge in [-0.2, -0.15) is 0 Å². The number of carbonyl (C=O) groups is 2. The quantitative estimate of drug-likeness (QED) is 0.588. The fourth-order valence-corrected chi connectivity index (χ4v) is 3.88. The van der Waals surface area contributed by atoms with Gasteiger partial charge in [-0.25, -0.2) is 4.39 Å². The Hall–Kier alpha value is -3.29. The first-order valence-electron chi connectivity index (χ1n) is 11.1. The molecular formula is C25H31FN2O5. The Kier molecular flexibility index (Phi) is 8.52. The predicted octanol–water partition coefficient (Wildman–Crippen LogP) is 3.70. The first-order chi connectivity index (χ1) is 15.9. The molecule has 2 aromatic rings. The van der Waals surface area contributed by atoms with Gasteiger partial charge >= 0.3 is 0 Å². The van der Waals surface area contributed by atoms with Crippen LogP contribution in [-0.2, 0) is 16.1 Å². The average molecular weight is 459 g/mol. The van der Waals surface area contributed by atoms with Crippen LogP contribution in [0.2, 0.25) is 0 Å². The molecular weight excluding hydrogens is 427 g/mol. The number of benzene rings is 2. The molecule has 1 saturated carbocycles. The number of hydrogen-bond donors (Lipinski definition) is 1. The van der Waals surface area contributed by atoms with Gasteiger partial charge < -0.3 is 24.4 Å². The first kappa shape index (κ1) is 24.4. The monoisotopic (exact) mass is 458 g/mol. The van der Waals surface area contributed by atoms with Crippen molar-refractivity contribution in [1.29, 1.82) is 0 Å². The molecule has 1 fully saturated rings. The minimum absolute atomic E-state index is 0.0461. The van der Waals surface area contributed by atoms with E-state index < -0.39 is 17.8 Å². The van der Waals surface area contributed by atoms with Gasteiger partial charge in [0.2, 0.25) is 5.91 Å². The van der Waals surface area contributed by atoms with E-state index in [0.717, 1.165) is 25.7 Å². The van der Waals surface area contributed by atoms with Gasteiger partial charge in [-0.3, -0.25) is 9.59 Å². The Balaban J connectivity index is 1.75. The van der Waals surface area contributed by atoms with Crippen LogP contribution in [0.4, 0.5) is 4.39 Å². The van der Waals surface area contributed by atoms with Gasteiger partial charge in [-0.15, -0.1) is 0 Å². The summed E-state index contributed by atoms with van der Waals surface area (Å²) in [6.07, 6.45) is 4.02. The summed E-state index contributed by atoms with van der Waals surface area (Å²) < 4.78 is 30.5. The van der Waals surface area contributed by atoms with E-state index in [1.807, 2.05) is 0 Å². The molecule has 178 valence electrons. The number of carbonyl (C=O) groups excluding carboxylic acids is 2. The van der Waals surface area contributed by atoms with Gasteiger partial charge in [0.15, 0.2) is 6.61 Å². The standard InChI is InChI=1S/C25H31FN2O5/c1-17(25(30)27-19-9-5-6-10-19)28(15-18-8-4-7-11-23(18)26)24(29)16-33-22-13-20(31-2)12-21(14-22)32-3/h4,7-8,11-14,17,19H,5-6,9-10,15-16H2,1-3H3,(H,27,30). The third-order valence-electron chi connectivity index (χ3n) is 5.85. The molecule has 0 bridgehead atoms. The highest BCUT2D eigenvalue weighted by atomic mass is 19.1. The van der Waals surface area contributed by atoms with Gasteiger partial charge in [0.25, 0.3) is 5.91 Å². The van der Waals surface area contributed by atoms with Crippen molar-refractivity contribution in [3.63, 3.8) is 0 Å². The van der Waals surface area contributed by atoms with Crippen molar-refractivity contribution in [2.75, 3.05) is 20.8 Å². The molecule has 1 unspecified atom stereocenters. The lowest BCUT2D eigenvalue weighted by atomic mass is 10.1. The van der Waals surface area contributed by atoms with E-state index in [4.69, 9.17) is 14.2 Å². The average Bonchev–Trinajstić information content (AvgIpc) is 3.34. The lowest BCUT2D eigenvalue weighted by molar-refractivity contribution is -0.142. The van der Waals surface area contributed by atoms with Crippen LogP contribution in [0.25, 0.3) is 0 Å². The first-order valence-corrected chi connectivity index (χ1v) is 11.1. The molecule has 0 aromatic heterocycles. The lowest BCUT2D eigenvalue weighted by Gasteiger charge is -2.29. The smallest absolute Gasteiger partial charge is 0.261 e. The molecule has 0 aliphatic heterocycles. The summed E-state index contributed by atoms with van der Waals surface area (Å²) in [6.45, 7) is 1.28. The summed E-state index contributed by atoms with van der Waals surface area (Å²) >= 11 is 0. The third kappa shape index (κ3) is 6.60. The molecule has 7 nitrogen and oxygen atoms in total. The molecule has 3 rings (SSSR count). The fraction of sp³-hybridized carbons (Fsp3) is 0.440. The van der Waals surface area contributed by atoms with Crippen molar-refractivity contribution in [2.24, 2.45) is 0 Å². The maximum absolute atomic E-state index is 14.3. The minimum Gasteiger partial charge on any atom is -0.496 e. The van der Waals surface area contributed by atoms with Crippen LogP contribution in [0.3, 0.4) is 0 Å². The Morgan fingerprint density at radius 3 is 2.27 bits per heavy atom. The summed E-state index contributed by atoms with van der Waals surface area (Å²) in [7, 11) is 3.04. The zero-order valence-electron chi connectivity index (χ0n) is 19.3. The molecule has 0 heterocycles. The highest BCUT2D eigenvalue weighted by Gasteiger charge is 2.29. The van der Waals surface area contributed by atoms with Crippen LogP contribution in [0, 0.1) is 5.82 Å². The topological polar surface area (TPSA) is 77.1 Å². The van der Waals surface area contributed by atoms with Gasteiger partial charge in [0.05, 0.1) is 14.2 Å². The Bertz CT molecular complexity index is 939. The highest BCUT2D eigenvalue weighted by Crippen LogP contribution is 2.27. The largest absolute Gasteiger partial charge is 0.496 e. The second-order valence-corrected chi connectivity index (χ2v) is 8.12. The predicted molar refractivity (Wildman–Crippen MR) is 122 cm³/mol. The van der Waals surface area contributed by atoms with Crippen LogP contribution < -0.4 is 19.5 Å². The molecule has 2 amide bonds. The summed E-state index contributed by atoms with van der Waals surface area (Å²) in [4.78, 5) is 27.4. The number of hydrogen-bond acceptors (Lipinski definition) is 5. The number of ether oxygens (including phenoxy) is 3. The molecule has 0 saturated heterocycles. The Morgan fingerprint density at radius 1 is 1.06 bits per heavy atom. The zero-order chi connectivity index (χ0) is 23.8. The summed E-state index contributed by atoms with van der Waals surface area (Å²) in [5.41, 5.74) is 0.328. The molecule has 1 aliphatic rings. The Labute approximate surface area is 193 Å². The second kappa shape index (κ2) is 11.5.